The molecule has 0 aliphatic rings. The van der Waals surface area contributed by atoms with Crippen LogP contribution in [0.15, 0.2) is 59.9 Å². The van der Waals surface area contributed by atoms with E-state index in [2.05, 4.69) is 73.7 Å². The largest absolute Gasteiger partial charge is 0.352 e. The fraction of sp³-hybridized carbons (Fsp3) is 0.286. The number of benzene rings is 2. The van der Waals surface area contributed by atoms with Gasteiger partial charge in [0.25, 0.3) is 0 Å². The van der Waals surface area contributed by atoms with Crippen LogP contribution in [0.3, 0.4) is 0 Å². The normalized spacial score (nSPS) is 11.4. The van der Waals surface area contributed by atoms with Crippen LogP contribution in [-0.2, 0) is 19.5 Å². The van der Waals surface area contributed by atoms with E-state index in [9.17, 15) is 0 Å². The predicted molar refractivity (Wildman–Crippen MR) is 109 cm³/mol. The van der Waals surface area contributed by atoms with Crippen molar-refractivity contribution in [3.63, 3.8) is 0 Å². The van der Waals surface area contributed by atoms with E-state index in [0.717, 1.165) is 35.9 Å². The number of nitrogens with one attached hydrogen (secondary N) is 2. The molecule has 2 N–H and O–H groups in total. The molecule has 1 aromatic heterocycles. The molecule has 6 nitrogen and oxygen atoms in total. The van der Waals surface area contributed by atoms with Gasteiger partial charge in [-0.2, -0.15) is 5.10 Å². The molecule has 0 saturated carbocycles. The summed E-state index contributed by atoms with van der Waals surface area (Å²) in [5, 5.41) is 10.2. The molecule has 0 bridgehead atoms. The first-order chi connectivity index (χ1) is 13.2. The molecule has 3 rings (SSSR count). The number of rotatable bonds is 6. The molecule has 0 fully saturated rings. The molecule has 3 aromatic rings. The van der Waals surface area contributed by atoms with Gasteiger partial charge >= 0.3 is 0 Å². The van der Waals surface area contributed by atoms with Gasteiger partial charge in [-0.1, -0.05) is 49.4 Å². The number of H-pyrrole nitrogens is 1. The first-order valence-corrected chi connectivity index (χ1v) is 9.14. The van der Waals surface area contributed by atoms with Crippen LogP contribution in [0.1, 0.15) is 23.6 Å². The van der Waals surface area contributed by atoms with Gasteiger partial charge in [0.15, 0.2) is 11.8 Å². The SMILES string of the molecule is CCc1ccc(CN(C)C(=NC)NCc2cccc(-c3ncn[nH]3)c2)cc1. The third-order valence-electron chi connectivity index (χ3n) is 4.49. The summed E-state index contributed by atoms with van der Waals surface area (Å²) >= 11 is 0. The molecular weight excluding hydrogens is 336 g/mol. The summed E-state index contributed by atoms with van der Waals surface area (Å²) in [6, 6.07) is 17.0. The van der Waals surface area contributed by atoms with Crippen molar-refractivity contribution in [3.05, 3.63) is 71.5 Å². The Labute approximate surface area is 160 Å². The minimum Gasteiger partial charge on any atom is -0.352 e. The van der Waals surface area contributed by atoms with E-state index >= 15 is 0 Å². The molecule has 0 aliphatic heterocycles. The summed E-state index contributed by atoms with van der Waals surface area (Å²) < 4.78 is 0. The van der Waals surface area contributed by atoms with Gasteiger partial charge in [-0.25, -0.2) is 4.98 Å². The molecule has 0 radical (unpaired) electrons. The van der Waals surface area contributed by atoms with Gasteiger partial charge in [0, 0.05) is 32.7 Å². The van der Waals surface area contributed by atoms with Crippen molar-refractivity contribution in [1.82, 2.24) is 25.4 Å². The number of aromatic nitrogens is 3. The van der Waals surface area contributed by atoms with Gasteiger partial charge in [-0.3, -0.25) is 10.1 Å². The monoisotopic (exact) mass is 362 g/mol. The van der Waals surface area contributed by atoms with Crippen molar-refractivity contribution >= 4 is 5.96 Å². The highest BCUT2D eigenvalue weighted by Gasteiger charge is 2.08. The zero-order chi connectivity index (χ0) is 19.1. The highest BCUT2D eigenvalue weighted by molar-refractivity contribution is 5.79. The molecule has 27 heavy (non-hydrogen) atoms. The smallest absolute Gasteiger partial charge is 0.193 e. The van der Waals surface area contributed by atoms with Crippen LogP contribution in [0.25, 0.3) is 11.4 Å². The van der Waals surface area contributed by atoms with Gasteiger partial charge in [0.1, 0.15) is 6.33 Å². The number of nitrogens with zero attached hydrogens (tertiary/aromatic N) is 4. The Morgan fingerprint density at radius 3 is 2.56 bits per heavy atom. The summed E-state index contributed by atoms with van der Waals surface area (Å²) in [4.78, 5) is 10.7. The molecule has 0 atom stereocenters. The van der Waals surface area contributed by atoms with Gasteiger partial charge in [-0.15, -0.1) is 0 Å². The van der Waals surface area contributed by atoms with Crippen molar-refractivity contribution in [2.75, 3.05) is 14.1 Å². The Kier molecular flexibility index (Phi) is 6.20. The number of hydrogen-bond acceptors (Lipinski definition) is 3. The first-order valence-electron chi connectivity index (χ1n) is 9.14. The van der Waals surface area contributed by atoms with Crippen LogP contribution in [0.4, 0.5) is 0 Å². The minimum absolute atomic E-state index is 0.688. The first kappa shape index (κ1) is 18.6. The molecule has 0 amide bonds. The number of aryl methyl sites for hydroxylation is 1. The van der Waals surface area contributed by atoms with Crippen molar-refractivity contribution < 1.29 is 0 Å². The number of aliphatic imine (C=N–C) groups is 1. The number of guanidine groups is 1. The van der Waals surface area contributed by atoms with Gasteiger partial charge in [0.2, 0.25) is 0 Å². The summed E-state index contributed by atoms with van der Waals surface area (Å²) in [5.74, 6) is 1.63. The van der Waals surface area contributed by atoms with Crippen molar-refractivity contribution in [2.45, 2.75) is 26.4 Å². The van der Waals surface area contributed by atoms with Crippen molar-refractivity contribution in [3.8, 4) is 11.4 Å². The second kappa shape index (κ2) is 8.98. The quantitative estimate of drug-likeness (QED) is 0.522. The maximum atomic E-state index is 4.41. The van der Waals surface area contributed by atoms with Gasteiger partial charge in [-0.05, 0) is 29.2 Å². The molecule has 2 aromatic carbocycles. The highest BCUT2D eigenvalue weighted by atomic mass is 15.3. The standard InChI is InChI=1S/C21H26N6/c1-4-16-8-10-17(11-9-16)14-27(3)21(22-2)23-13-18-6-5-7-19(12-18)20-24-15-25-26-20/h5-12,15H,4,13-14H2,1-3H3,(H,22,23)(H,24,25,26). The Balaban J connectivity index is 1.60. The van der Waals surface area contributed by atoms with E-state index in [0.29, 0.717) is 6.54 Å². The Morgan fingerprint density at radius 2 is 1.89 bits per heavy atom. The zero-order valence-electron chi connectivity index (χ0n) is 16.1. The third kappa shape index (κ3) is 4.94. The van der Waals surface area contributed by atoms with E-state index in [1.807, 2.05) is 26.2 Å². The molecule has 0 unspecified atom stereocenters. The molecule has 140 valence electrons. The maximum absolute atomic E-state index is 4.41. The average Bonchev–Trinajstić information content (AvgIpc) is 3.24. The minimum atomic E-state index is 0.688. The lowest BCUT2D eigenvalue weighted by Gasteiger charge is -2.22. The van der Waals surface area contributed by atoms with Gasteiger partial charge in [0.05, 0.1) is 0 Å². The second-order valence-corrected chi connectivity index (χ2v) is 6.46. The summed E-state index contributed by atoms with van der Waals surface area (Å²) in [6.45, 7) is 3.67. The zero-order valence-corrected chi connectivity index (χ0v) is 16.1. The van der Waals surface area contributed by atoms with Crippen LogP contribution in [0.5, 0.6) is 0 Å². The summed E-state index contributed by atoms with van der Waals surface area (Å²) in [5.41, 5.74) is 4.80. The second-order valence-electron chi connectivity index (χ2n) is 6.46. The average molecular weight is 362 g/mol. The van der Waals surface area contributed by atoms with Crippen LogP contribution in [0, 0.1) is 0 Å². The fourth-order valence-electron chi connectivity index (χ4n) is 2.97. The third-order valence-corrected chi connectivity index (χ3v) is 4.49. The topological polar surface area (TPSA) is 69.2 Å². The maximum Gasteiger partial charge on any atom is 0.193 e. The van der Waals surface area contributed by atoms with E-state index in [-0.39, 0.29) is 0 Å². The van der Waals surface area contributed by atoms with Crippen LogP contribution in [0.2, 0.25) is 0 Å². The van der Waals surface area contributed by atoms with E-state index in [4.69, 9.17) is 0 Å². The predicted octanol–water partition coefficient (Wildman–Crippen LogP) is 3.24. The van der Waals surface area contributed by atoms with E-state index < -0.39 is 0 Å². The Morgan fingerprint density at radius 1 is 1.11 bits per heavy atom. The van der Waals surface area contributed by atoms with E-state index in [1.165, 1.54) is 17.5 Å². The van der Waals surface area contributed by atoms with Gasteiger partial charge < -0.3 is 10.2 Å². The Bertz CT molecular complexity index is 868. The number of aromatic amines is 1. The molecule has 1 heterocycles. The van der Waals surface area contributed by atoms with Crippen LogP contribution in [-0.4, -0.2) is 40.1 Å². The van der Waals surface area contributed by atoms with Crippen molar-refractivity contribution in [1.29, 1.82) is 0 Å². The molecular formula is C21H26N6. The molecule has 0 saturated heterocycles. The summed E-state index contributed by atoms with van der Waals surface area (Å²) in [6.07, 6.45) is 2.58. The van der Waals surface area contributed by atoms with Crippen LogP contribution >= 0.6 is 0 Å². The lowest BCUT2D eigenvalue weighted by Crippen LogP contribution is -2.38. The summed E-state index contributed by atoms with van der Waals surface area (Å²) in [7, 11) is 3.86. The van der Waals surface area contributed by atoms with Crippen molar-refractivity contribution in [2.24, 2.45) is 4.99 Å². The molecule has 6 heteroatoms. The molecule has 0 spiro atoms. The fourth-order valence-corrected chi connectivity index (χ4v) is 2.97. The van der Waals surface area contributed by atoms with Crippen LogP contribution < -0.4 is 5.32 Å². The Hall–Kier alpha value is -3.15. The van der Waals surface area contributed by atoms with E-state index in [1.54, 1.807) is 0 Å². The lowest BCUT2D eigenvalue weighted by molar-refractivity contribution is 0.476. The molecule has 0 aliphatic carbocycles. The number of hydrogen-bond donors (Lipinski definition) is 2. The highest BCUT2D eigenvalue weighted by Crippen LogP contribution is 2.15. The lowest BCUT2D eigenvalue weighted by atomic mass is 10.1.